The maximum absolute atomic E-state index is 5.90. The van der Waals surface area contributed by atoms with Gasteiger partial charge in [-0.15, -0.1) is 11.3 Å². The van der Waals surface area contributed by atoms with E-state index in [0.717, 1.165) is 6.42 Å². The predicted molar refractivity (Wildman–Crippen MR) is 44.3 cm³/mol. The lowest BCUT2D eigenvalue weighted by atomic mass is 10.1. The van der Waals surface area contributed by atoms with E-state index in [0.29, 0.717) is 6.04 Å². The first-order valence-corrected chi connectivity index (χ1v) is 4.49. The molecule has 0 fully saturated rings. The van der Waals surface area contributed by atoms with E-state index in [1.165, 1.54) is 22.4 Å². The Morgan fingerprint density at radius 2 is 2.50 bits per heavy atom. The van der Waals surface area contributed by atoms with Gasteiger partial charge in [-0.1, -0.05) is 0 Å². The fourth-order valence-electron chi connectivity index (χ4n) is 1.63. The maximum Gasteiger partial charge on any atom is 0.0312 e. The molecule has 0 radical (unpaired) electrons. The van der Waals surface area contributed by atoms with Crippen LogP contribution in [0.15, 0.2) is 5.38 Å². The van der Waals surface area contributed by atoms with Gasteiger partial charge in [0.05, 0.1) is 0 Å². The number of thiophene rings is 1. The first-order valence-electron chi connectivity index (χ1n) is 3.61. The van der Waals surface area contributed by atoms with Crippen LogP contribution >= 0.6 is 11.3 Å². The molecule has 2 N–H and O–H groups in total. The van der Waals surface area contributed by atoms with Gasteiger partial charge in [0.15, 0.2) is 0 Å². The summed E-state index contributed by atoms with van der Waals surface area (Å²) in [7, 11) is 0. The minimum atomic E-state index is 0.334. The van der Waals surface area contributed by atoms with Gasteiger partial charge in [0.25, 0.3) is 0 Å². The zero-order valence-electron chi connectivity index (χ0n) is 6.05. The minimum Gasteiger partial charge on any atom is -0.324 e. The molecule has 0 saturated heterocycles. The summed E-state index contributed by atoms with van der Waals surface area (Å²) < 4.78 is 0. The molecular formula is C8H11NS. The van der Waals surface area contributed by atoms with Crippen LogP contribution in [0.1, 0.15) is 28.5 Å². The Morgan fingerprint density at radius 1 is 1.70 bits per heavy atom. The molecule has 10 heavy (non-hydrogen) atoms. The van der Waals surface area contributed by atoms with Gasteiger partial charge in [0.1, 0.15) is 0 Å². The van der Waals surface area contributed by atoms with Crippen LogP contribution < -0.4 is 5.73 Å². The third-order valence-corrected chi connectivity index (χ3v) is 3.34. The van der Waals surface area contributed by atoms with Crippen molar-refractivity contribution in [2.45, 2.75) is 25.8 Å². The number of rotatable bonds is 0. The lowest BCUT2D eigenvalue weighted by Crippen LogP contribution is -2.05. The molecule has 1 aliphatic rings. The molecule has 1 unspecified atom stereocenters. The third-order valence-electron chi connectivity index (χ3n) is 2.16. The van der Waals surface area contributed by atoms with Crippen LogP contribution in [0.25, 0.3) is 0 Å². The van der Waals surface area contributed by atoms with Crippen molar-refractivity contribution in [1.82, 2.24) is 0 Å². The molecule has 0 aromatic carbocycles. The summed E-state index contributed by atoms with van der Waals surface area (Å²) in [5, 5.41) is 2.21. The Labute approximate surface area is 64.9 Å². The highest BCUT2D eigenvalue weighted by atomic mass is 32.1. The second-order valence-corrected chi connectivity index (χ2v) is 3.86. The van der Waals surface area contributed by atoms with Crippen molar-refractivity contribution in [1.29, 1.82) is 0 Å². The Bertz CT molecular complexity index is 252. The summed E-state index contributed by atoms with van der Waals surface area (Å²) in [6.45, 7) is 2.15. The summed E-state index contributed by atoms with van der Waals surface area (Å²) in [6, 6.07) is 0.334. The second kappa shape index (κ2) is 2.07. The Hall–Kier alpha value is -0.340. The molecule has 1 aromatic rings. The van der Waals surface area contributed by atoms with E-state index in [2.05, 4.69) is 12.3 Å². The van der Waals surface area contributed by atoms with Crippen LogP contribution in [0.4, 0.5) is 0 Å². The van der Waals surface area contributed by atoms with Gasteiger partial charge in [-0.3, -0.25) is 0 Å². The first-order chi connectivity index (χ1) is 4.79. The van der Waals surface area contributed by atoms with E-state index >= 15 is 0 Å². The van der Waals surface area contributed by atoms with Crippen LogP contribution in [0.5, 0.6) is 0 Å². The van der Waals surface area contributed by atoms with Gasteiger partial charge in [-0.25, -0.2) is 0 Å². The molecule has 0 spiro atoms. The van der Waals surface area contributed by atoms with E-state index in [9.17, 15) is 0 Å². The van der Waals surface area contributed by atoms with Gasteiger partial charge in [-0.2, -0.15) is 0 Å². The molecule has 1 aliphatic carbocycles. The average molecular weight is 153 g/mol. The molecular weight excluding hydrogens is 142 g/mol. The van der Waals surface area contributed by atoms with E-state index in [1.807, 2.05) is 11.3 Å². The Balaban J connectivity index is 2.54. The van der Waals surface area contributed by atoms with Crippen molar-refractivity contribution in [3.63, 3.8) is 0 Å². The van der Waals surface area contributed by atoms with Crippen molar-refractivity contribution in [2.75, 3.05) is 0 Å². The SMILES string of the molecule is Cc1csc2c1C(N)CC2. The van der Waals surface area contributed by atoms with Crippen LogP contribution in [0.2, 0.25) is 0 Å². The topological polar surface area (TPSA) is 26.0 Å². The maximum atomic E-state index is 5.90. The third kappa shape index (κ3) is 0.724. The van der Waals surface area contributed by atoms with Crippen LogP contribution in [-0.4, -0.2) is 0 Å². The lowest BCUT2D eigenvalue weighted by Gasteiger charge is -2.01. The smallest absolute Gasteiger partial charge is 0.0312 e. The fraction of sp³-hybridized carbons (Fsp3) is 0.500. The quantitative estimate of drug-likeness (QED) is 0.606. The van der Waals surface area contributed by atoms with Crippen molar-refractivity contribution in [2.24, 2.45) is 5.73 Å². The molecule has 54 valence electrons. The highest BCUT2D eigenvalue weighted by molar-refractivity contribution is 7.10. The van der Waals surface area contributed by atoms with Gasteiger partial charge >= 0.3 is 0 Å². The molecule has 1 heterocycles. The van der Waals surface area contributed by atoms with Gasteiger partial charge in [-0.05, 0) is 36.3 Å². The molecule has 2 heteroatoms. The van der Waals surface area contributed by atoms with E-state index in [1.54, 1.807) is 0 Å². The van der Waals surface area contributed by atoms with Gasteiger partial charge in [0, 0.05) is 10.9 Å². The first kappa shape index (κ1) is 6.38. The predicted octanol–water partition coefficient (Wildman–Crippen LogP) is 2.00. The van der Waals surface area contributed by atoms with Gasteiger partial charge < -0.3 is 5.73 Å². The highest BCUT2D eigenvalue weighted by Gasteiger charge is 2.21. The molecule has 0 amide bonds. The molecule has 2 rings (SSSR count). The molecule has 1 atom stereocenters. The Kier molecular flexibility index (Phi) is 1.32. The number of aryl methyl sites for hydroxylation is 2. The van der Waals surface area contributed by atoms with Crippen molar-refractivity contribution < 1.29 is 0 Å². The van der Waals surface area contributed by atoms with Crippen LogP contribution in [0, 0.1) is 6.92 Å². The molecule has 1 nitrogen and oxygen atoms in total. The summed E-state index contributed by atoms with van der Waals surface area (Å²) in [5.74, 6) is 0. The molecule has 0 saturated carbocycles. The second-order valence-electron chi connectivity index (χ2n) is 2.90. The van der Waals surface area contributed by atoms with Crippen LogP contribution in [0.3, 0.4) is 0 Å². The van der Waals surface area contributed by atoms with Gasteiger partial charge in [0.2, 0.25) is 0 Å². The largest absolute Gasteiger partial charge is 0.324 e. The standard InChI is InChI=1S/C8H11NS/c1-5-4-10-7-3-2-6(9)8(5)7/h4,6H,2-3,9H2,1H3. The number of fused-ring (bicyclic) bond motifs is 1. The highest BCUT2D eigenvalue weighted by Crippen LogP contribution is 2.36. The molecule has 1 aromatic heterocycles. The zero-order valence-corrected chi connectivity index (χ0v) is 6.87. The average Bonchev–Trinajstić information content (AvgIpc) is 2.40. The lowest BCUT2D eigenvalue weighted by molar-refractivity contribution is 0.710. The molecule has 0 bridgehead atoms. The number of nitrogens with two attached hydrogens (primary N) is 1. The minimum absolute atomic E-state index is 0.334. The van der Waals surface area contributed by atoms with E-state index < -0.39 is 0 Å². The van der Waals surface area contributed by atoms with Crippen LogP contribution in [-0.2, 0) is 6.42 Å². The monoisotopic (exact) mass is 153 g/mol. The summed E-state index contributed by atoms with van der Waals surface area (Å²) in [4.78, 5) is 1.52. The van der Waals surface area contributed by atoms with Crippen molar-refractivity contribution >= 4 is 11.3 Å². The normalized spacial score (nSPS) is 23.2. The number of hydrogen-bond acceptors (Lipinski definition) is 2. The summed E-state index contributed by atoms with van der Waals surface area (Å²) in [6.07, 6.45) is 2.36. The van der Waals surface area contributed by atoms with E-state index in [-0.39, 0.29) is 0 Å². The molecule has 0 aliphatic heterocycles. The van der Waals surface area contributed by atoms with Crippen molar-refractivity contribution in [3.05, 3.63) is 21.4 Å². The van der Waals surface area contributed by atoms with E-state index in [4.69, 9.17) is 5.73 Å². The summed E-state index contributed by atoms with van der Waals surface area (Å²) >= 11 is 1.86. The fourth-order valence-corrected chi connectivity index (χ4v) is 2.75. The Morgan fingerprint density at radius 3 is 3.20 bits per heavy atom. The summed E-state index contributed by atoms with van der Waals surface area (Å²) in [5.41, 5.74) is 8.73. The zero-order chi connectivity index (χ0) is 7.14. The van der Waals surface area contributed by atoms with Crippen molar-refractivity contribution in [3.8, 4) is 0 Å². The number of hydrogen-bond donors (Lipinski definition) is 1.